The van der Waals surface area contributed by atoms with Gasteiger partial charge in [0.25, 0.3) is 0 Å². The lowest BCUT2D eigenvalue weighted by molar-refractivity contribution is -0.140. The minimum absolute atomic E-state index is 0. The summed E-state index contributed by atoms with van der Waals surface area (Å²) in [7, 11) is 1.78. The van der Waals surface area contributed by atoms with Crippen LogP contribution in [0.5, 0.6) is 0 Å². The van der Waals surface area contributed by atoms with Gasteiger partial charge in [-0.15, -0.1) is 24.0 Å². The standard InChI is InChI=1S/C22H35N5O2.HI/c1-3-17(26-10-4-5-11-26)14-25-22(23-2)24-9-6-12-27-20(28)18-15-7-8-16(13-15)19(18)21(27)29;/h7-8,15-19H,3-6,9-14H2,1-2H3,(H2,23,24,25);1H. The molecule has 30 heavy (non-hydrogen) atoms. The molecule has 5 atom stereocenters. The number of likely N-dealkylation sites (tertiary alicyclic amines) is 2. The molecule has 2 aliphatic heterocycles. The highest BCUT2D eigenvalue weighted by Crippen LogP contribution is 2.52. The quantitative estimate of drug-likeness (QED) is 0.125. The molecule has 168 valence electrons. The molecule has 2 amide bonds. The molecule has 2 saturated heterocycles. The fourth-order valence-corrected chi connectivity index (χ4v) is 5.70. The molecule has 8 heteroatoms. The second-order valence-electron chi connectivity index (χ2n) is 8.87. The number of nitrogens with zero attached hydrogens (tertiary/aromatic N) is 3. The molecule has 2 bridgehead atoms. The minimum Gasteiger partial charge on any atom is -0.356 e. The zero-order chi connectivity index (χ0) is 20.4. The summed E-state index contributed by atoms with van der Waals surface area (Å²) in [5.41, 5.74) is 0. The Kier molecular flexibility index (Phi) is 8.17. The number of allylic oxidation sites excluding steroid dienone is 2. The van der Waals surface area contributed by atoms with Crippen molar-refractivity contribution >= 4 is 41.8 Å². The third-order valence-electron chi connectivity index (χ3n) is 7.27. The Balaban J connectivity index is 0.00000256. The van der Waals surface area contributed by atoms with E-state index in [0.717, 1.165) is 31.8 Å². The van der Waals surface area contributed by atoms with Crippen LogP contribution in [0.4, 0.5) is 0 Å². The summed E-state index contributed by atoms with van der Waals surface area (Å²) in [5, 5.41) is 6.77. The summed E-state index contributed by atoms with van der Waals surface area (Å²) in [6.45, 7) is 6.71. The molecule has 0 aromatic carbocycles. The number of rotatable bonds is 8. The predicted octanol–water partition coefficient (Wildman–Crippen LogP) is 1.84. The Labute approximate surface area is 197 Å². The van der Waals surface area contributed by atoms with Gasteiger partial charge in [-0.2, -0.15) is 0 Å². The predicted molar refractivity (Wildman–Crippen MR) is 129 cm³/mol. The molecule has 0 aromatic rings. The highest BCUT2D eigenvalue weighted by atomic mass is 127. The Morgan fingerprint density at radius 1 is 1.13 bits per heavy atom. The van der Waals surface area contributed by atoms with E-state index in [9.17, 15) is 9.59 Å². The first-order valence-corrected chi connectivity index (χ1v) is 11.4. The highest BCUT2D eigenvalue weighted by molar-refractivity contribution is 14.0. The van der Waals surface area contributed by atoms with Crippen molar-refractivity contribution in [3.63, 3.8) is 0 Å². The van der Waals surface area contributed by atoms with Gasteiger partial charge >= 0.3 is 0 Å². The number of amides is 2. The first kappa shape index (κ1) is 23.5. The van der Waals surface area contributed by atoms with Gasteiger partial charge in [-0.25, -0.2) is 0 Å². The first-order chi connectivity index (χ1) is 14.1. The second kappa shape index (κ2) is 10.4. The van der Waals surface area contributed by atoms with Gasteiger partial charge in [0.15, 0.2) is 5.96 Å². The van der Waals surface area contributed by atoms with Crippen LogP contribution in [0.2, 0.25) is 0 Å². The topological polar surface area (TPSA) is 77.0 Å². The number of hydrogen-bond acceptors (Lipinski definition) is 4. The van der Waals surface area contributed by atoms with Crippen molar-refractivity contribution in [1.82, 2.24) is 20.4 Å². The number of halogens is 1. The van der Waals surface area contributed by atoms with Gasteiger partial charge in [0.1, 0.15) is 0 Å². The molecule has 4 rings (SSSR count). The van der Waals surface area contributed by atoms with E-state index in [2.05, 4.69) is 39.6 Å². The third-order valence-corrected chi connectivity index (χ3v) is 7.27. The monoisotopic (exact) mass is 529 g/mol. The van der Waals surface area contributed by atoms with Crippen LogP contribution in [0.3, 0.4) is 0 Å². The van der Waals surface area contributed by atoms with Gasteiger partial charge in [-0.05, 0) is 57.0 Å². The molecule has 2 N–H and O–H groups in total. The maximum absolute atomic E-state index is 12.7. The fraction of sp³-hybridized carbons (Fsp3) is 0.773. The van der Waals surface area contributed by atoms with Crippen molar-refractivity contribution in [3.05, 3.63) is 12.2 Å². The number of hydrogen-bond donors (Lipinski definition) is 2. The van der Waals surface area contributed by atoms with E-state index in [1.54, 1.807) is 7.05 Å². The molecule has 2 heterocycles. The van der Waals surface area contributed by atoms with Gasteiger partial charge < -0.3 is 10.6 Å². The van der Waals surface area contributed by atoms with Crippen LogP contribution in [0.15, 0.2) is 17.1 Å². The van der Waals surface area contributed by atoms with Crippen LogP contribution in [-0.4, -0.2) is 73.4 Å². The summed E-state index contributed by atoms with van der Waals surface area (Å²) in [5.74, 6) is 1.30. The lowest BCUT2D eigenvalue weighted by atomic mass is 9.85. The van der Waals surface area contributed by atoms with Gasteiger partial charge in [-0.3, -0.25) is 24.4 Å². The molecule has 1 saturated carbocycles. The molecule has 7 nitrogen and oxygen atoms in total. The van der Waals surface area contributed by atoms with E-state index in [-0.39, 0.29) is 59.5 Å². The summed E-state index contributed by atoms with van der Waals surface area (Å²) in [6.07, 6.45) is 9.74. The fourth-order valence-electron chi connectivity index (χ4n) is 5.70. The average molecular weight is 529 g/mol. The van der Waals surface area contributed by atoms with Crippen molar-refractivity contribution in [1.29, 1.82) is 0 Å². The highest BCUT2D eigenvalue weighted by Gasteiger charge is 2.58. The van der Waals surface area contributed by atoms with Crippen molar-refractivity contribution < 1.29 is 9.59 Å². The van der Waals surface area contributed by atoms with Gasteiger partial charge in [0, 0.05) is 32.7 Å². The van der Waals surface area contributed by atoms with Crippen LogP contribution in [0.1, 0.15) is 39.0 Å². The first-order valence-electron chi connectivity index (χ1n) is 11.4. The molecular weight excluding hydrogens is 493 g/mol. The summed E-state index contributed by atoms with van der Waals surface area (Å²) in [6, 6.07) is 0.541. The minimum atomic E-state index is -0.0866. The van der Waals surface area contributed by atoms with Gasteiger partial charge in [0.2, 0.25) is 11.8 Å². The van der Waals surface area contributed by atoms with Crippen molar-refractivity contribution in [2.24, 2.45) is 28.7 Å². The normalized spacial score (nSPS) is 31.3. The van der Waals surface area contributed by atoms with Crippen LogP contribution >= 0.6 is 24.0 Å². The van der Waals surface area contributed by atoms with Gasteiger partial charge in [-0.1, -0.05) is 19.1 Å². The van der Waals surface area contributed by atoms with Crippen LogP contribution in [0, 0.1) is 23.7 Å². The Morgan fingerprint density at radius 3 is 2.33 bits per heavy atom. The van der Waals surface area contributed by atoms with E-state index in [4.69, 9.17) is 0 Å². The number of carbonyl (C=O) groups excluding carboxylic acids is 2. The van der Waals surface area contributed by atoms with E-state index >= 15 is 0 Å². The maximum Gasteiger partial charge on any atom is 0.233 e. The third kappa shape index (κ3) is 4.54. The average Bonchev–Trinajstić information content (AvgIpc) is 3.51. The van der Waals surface area contributed by atoms with Crippen LogP contribution in [-0.2, 0) is 9.59 Å². The summed E-state index contributed by atoms with van der Waals surface area (Å²) >= 11 is 0. The number of imide groups is 1. The van der Waals surface area contributed by atoms with Crippen molar-refractivity contribution in [2.45, 2.75) is 45.1 Å². The van der Waals surface area contributed by atoms with Gasteiger partial charge in [0.05, 0.1) is 11.8 Å². The van der Waals surface area contributed by atoms with E-state index < -0.39 is 0 Å². The smallest absolute Gasteiger partial charge is 0.233 e. The van der Waals surface area contributed by atoms with Crippen LogP contribution in [0.25, 0.3) is 0 Å². The summed E-state index contributed by atoms with van der Waals surface area (Å²) < 4.78 is 0. The van der Waals surface area contributed by atoms with E-state index in [1.807, 2.05) is 0 Å². The Bertz CT molecular complexity index is 661. The zero-order valence-electron chi connectivity index (χ0n) is 18.2. The van der Waals surface area contributed by atoms with Crippen molar-refractivity contribution in [2.75, 3.05) is 39.8 Å². The SMILES string of the molecule is CCC(CNC(=NC)NCCCN1C(=O)C2C3C=CC(C3)C2C1=O)N1CCCC1.I. The van der Waals surface area contributed by atoms with Crippen LogP contribution < -0.4 is 10.6 Å². The molecule has 0 radical (unpaired) electrons. The Morgan fingerprint density at radius 2 is 1.77 bits per heavy atom. The van der Waals surface area contributed by atoms with E-state index in [1.165, 1.54) is 30.8 Å². The number of aliphatic imine (C=N–C) groups is 1. The maximum atomic E-state index is 12.7. The molecular formula is C22H36IN5O2. The lowest BCUT2D eigenvalue weighted by Gasteiger charge is -2.27. The number of carbonyl (C=O) groups is 2. The molecule has 0 spiro atoms. The Hall–Kier alpha value is -1.16. The molecule has 3 fully saturated rings. The molecule has 0 aromatic heterocycles. The van der Waals surface area contributed by atoms with E-state index in [0.29, 0.717) is 19.1 Å². The number of nitrogens with one attached hydrogen (secondary N) is 2. The second-order valence-corrected chi connectivity index (χ2v) is 8.87. The number of guanidine groups is 1. The number of fused-ring (bicyclic) bond motifs is 5. The lowest BCUT2D eigenvalue weighted by Crippen LogP contribution is -2.46. The molecule has 4 aliphatic rings. The summed E-state index contributed by atoms with van der Waals surface area (Å²) in [4.78, 5) is 33.8. The molecule has 5 unspecified atom stereocenters. The zero-order valence-corrected chi connectivity index (χ0v) is 20.5. The largest absolute Gasteiger partial charge is 0.356 e. The van der Waals surface area contributed by atoms with Crippen molar-refractivity contribution in [3.8, 4) is 0 Å². The molecule has 2 aliphatic carbocycles.